The predicted octanol–water partition coefficient (Wildman–Crippen LogP) is 6.43. The average molecular weight is 479 g/mol. The van der Waals surface area contributed by atoms with Crippen molar-refractivity contribution >= 4 is 17.1 Å². The van der Waals surface area contributed by atoms with Crippen LogP contribution in [-0.4, -0.2) is 33.2 Å². The molecule has 0 saturated heterocycles. The van der Waals surface area contributed by atoms with Crippen molar-refractivity contribution in [2.75, 3.05) is 47.9 Å². The van der Waals surface area contributed by atoms with Crippen LogP contribution < -0.4 is 14.7 Å². The standard InChI is InChI=1S/C32H34FN3/c1-34-31(20-10-12-23(33)13-11-20)28-24-8-4-16-35-14-2-6-21(29(24)35)18-26(28)27-19-22-7-3-15-36-17-5-9-25(30(22)36)32(27)34/h10-13,18-19,31H,2-9,14-17H2,1H3/i33-1. The molecule has 0 bridgehead atoms. The van der Waals surface area contributed by atoms with Gasteiger partial charge in [-0.1, -0.05) is 12.1 Å². The van der Waals surface area contributed by atoms with Crippen LogP contribution in [0, 0.1) is 5.82 Å². The van der Waals surface area contributed by atoms with Crippen molar-refractivity contribution in [2.24, 2.45) is 0 Å². The maximum absolute atomic E-state index is 14.0. The van der Waals surface area contributed by atoms with E-state index in [0.29, 0.717) is 0 Å². The lowest BCUT2D eigenvalue weighted by molar-refractivity contribution is 0.617. The van der Waals surface area contributed by atoms with Crippen molar-refractivity contribution in [3.63, 3.8) is 0 Å². The Labute approximate surface area is 213 Å². The van der Waals surface area contributed by atoms with Gasteiger partial charge in [0.2, 0.25) is 0 Å². The van der Waals surface area contributed by atoms with Crippen LogP contribution in [0.5, 0.6) is 0 Å². The molecule has 0 spiro atoms. The molecule has 5 heterocycles. The van der Waals surface area contributed by atoms with Crippen molar-refractivity contribution in [1.82, 2.24) is 0 Å². The molecule has 0 radical (unpaired) electrons. The quantitative estimate of drug-likeness (QED) is 0.399. The van der Waals surface area contributed by atoms with Gasteiger partial charge in [0.1, 0.15) is 5.82 Å². The summed E-state index contributed by atoms with van der Waals surface area (Å²) in [5, 5.41) is 0. The van der Waals surface area contributed by atoms with E-state index in [0.717, 1.165) is 12.8 Å². The lowest BCUT2D eigenvalue weighted by Crippen LogP contribution is -2.39. The fourth-order valence-corrected chi connectivity index (χ4v) is 8.23. The number of aryl methyl sites for hydroxylation is 2. The van der Waals surface area contributed by atoms with Gasteiger partial charge in [-0.3, -0.25) is 0 Å². The zero-order valence-electron chi connectivity index (χ0n) is 21.2. The molecule has 3 nitrogen and oxygen atoms in total. The van der Waals surface area contributed by atoms with E-state index in [2.05, 4.69) is 33.9 Å². The van der Waals surface area contributed by atoms with Crippen LogP contribution >= 0.6 is 0 Å². The summed E-state index contributed by atoms with van der Waals surface area (Å²) in [6.07, 6.45) is 9.65. The summed E-state index contributed by atoms with van der Waals surface area (Å²) in [5.41, 5.74) is 16.3. The van der Waals surface area contributed by atoms with Crippen LogP contribution in [-0.2, 0) is 25.7 Å². The first-order chi connectivity index (χ1) is 17.7. The second kappa shape index (κ2) is 7.74. The number of hydrogen-bond acceptors (Lipinski definition) is 3. The number of fused-ring (bicyclic) bond motifs is 5. The van der Waals surface area contributed by atoms with Crippen LogP contribution in [0.4, 0.5) is 21.5 Å². The lowest BCUT2D eigenvalue weighted by Gasteiger charge is -2.47. The Morgan fingerprint density at radius 2 is 1.22 bits per heavy atom. The van der Waals surface area contributed by atoms with Crippen molar-refractivity contribution in [2.45, 2.75) is 57.4 Å². The fourth-order valence-electron chi connectivity index (χ4n) is 8.23. The second-order valence-corrected chi connectivity index (χ2v) is 11.5. The molecular formula is C32H34FN3. The lowest BCUT2D eigenvalue weighted by atomic mass is 9.75. The monoisotopic (exact) mass is 478 g/mol. The van der Waals surface area contributed by atoms with Crippen molar-refractivity contribution in [3.05, 3.63) is 75.6 Å². The van der Waals surface area contributed by atoms with E-state index in [-0.39, 0.29) is 11.9 Å². The second-order valence-electron chi connectivity index (χ2n) is 11.5. The van der Waals surface area contributed by atoms with Gasteiger partial charge in [-0.25, -0.2) is 4.39 Å². The zero-order chi connectivity index (χ0) is 24.0. The number of nitrogens with zero attached hydrogens (tertiary/aromatic N) is 3. The molecule has 0 fully saturated rings. The Balaban J connectivity index is 1.46. The molecule has 8 rings (SSSR count). The molecule has 3 aromatic carbocycles. The van der Waals surface area contributed by atoms with Gasteiger partial charge in [0.25, 0.3) is 0 Å². The summed E-state index contributed by atoms with van der Waals surface area (Å²) in [6.45, 7) is 4.74. The minimum absolute atomic E-state index is 0.114. The highest BCUT2D eigenvalue weighted by molar-refractivity contribution is 5.94. The minimum Gasteiger partial charge on any atom is -0.371 e. The molecule has 0 N–H and O–H groups in total. The van der Waals surface area contributed by atoms with Crippen molar-refractivity contribution in [3.8, 4) is 11.1 Å². The molecule has 4 heteroatoms. The third-order valence-corrected chi connectivity index (χ3v) is 9.55. The Morgan fingerprint density at radius 1 is 0.667 bits per heavy atom. The van der Waals surface area contributed by atoms with Gasteiger partial charge in [0, 0.05) is 50.2 Å². The number of halogens is 1. The molecular weight excluding hydrogens is 444 g/mol. The summed E-state index contributed by atoms with van der Waals surface area (Å²) >= 11 is 0. The van der Waals surface area contributed by atoms with E-state index in [1.54, 1.807) is 34.4 Å². The van der Waals surface area contributed by atoms with Gasteiger partial charge in [0.05, 0.1) is 11.7 Å². The van der Waals surface area contributed by atoms with Crippen molar-refractivity contribution < 1.29 is 4.39 Å². The molecule has 5 aliphatic heterocycles. The van der Waals surface area contributed by atoms with Crippen LogP contribution in [0.2, 0.25) is 0 Å². The normalized spacial score (nSPS) is 21.5. The van der Waals surface area contributed by atoms with Gasteiger partial charge < -0.3 is 14.7 Å². The maximum atomic E-state index is 14.0. The maximum Gasteiger partial charge on any atom is 0.123 e. The minimum atomic E-state index is -0.157. The Morgan fingerprint density at radius 3 is 1.89 bits per heavy atom. The number of hydrogen-bond donors (Lipinski definition) is 0. The average Bonchev–Trinajstić information content (AvgIpc) is 2.91. The van der Waals surface area contributed by atoms with Gasteiger partial charge in [0.15, 0.2) is 0 Å². The van der Waals surface area contributed by atoms with Crippen LogP contribution in [0.3, 0.4) is 0 Å². The number of rotatable bonds is 1. The largest absolute Gasteiger partial charge is 0.371 e. The molecule has 1 unspecified atom stereocenters. The Kier molecular flexibility index (Phi) is 4.54. The van der Waals surface area contributed by atoms with Gasteiger partial charge in [-0.05, 0) is 115 Å². The van der Waals surface area contributed by atoms with Gasteiger partial charge in [-0.15, -0.1) is 0 Å². The highest BCUT2D eigenvalue weighted by Crippen LogP contribution is 2.56. The van der Waals surface area contributed by atoms with Gasteiger partial charge >= 0.3 is 0 Å². The molecule has 0 saturated carbocycles. The summed E-state index contributed by atoms with van der Waals surface area (Å²) in [4.78, 5) is 7.87. The molecule has 36 heavy (non-hydrogen) atoms. The molecule has 1 atom stereocenters. The summed E-state index contributed by atoms with van der Waals surface area (Å²) in [6, 6.07) is 12.6. The summed E-state index contributed by atoms with van der Waals surface area (Å²) < 4.78 is 14.0. The smallest absolute Gasteiger partial charge is 0.123 e. The van der Waals surface area contributed by atoms with E-state index < -0.39 is 0 Å². The third kappa shape index (κ3) is 2.84. The molecule has 5 aliphatic rings. The SMILES string of the molecule is CN1c2c(cc3c4c2CCCN4CCC3)-c2cc3c4c(c2C1c1ccc([18F])cc1)CCCN4CCC3. The van der Waals surface area contributed by atoms with E-state index >= 15 is 0 Å². The van der Waals surface area contributed by atoms with E-state index in [1.165, 1.54) is 104 Å². The van der Waals surface area contributed by atoms with E-state index in [4.69, 9.17) is 0 Å². The molecule has 184 valence electrons. The predicted molar refractivity (Wildman–Crippen MR) is 146 cm³/mol. The number of benzene rings is 3. The first-order valence-corrected chi connectivity index (χ1v) is 14.0. The molecule has 0 aliphatic carbocycles. The molecule has 0 aromatic heterocycles. The highest BCUT2D eigenvalue weighted by atomic mass is 18.2. The molecule has 3 aromatic rings. The van der Waals surface area contributed by atoms with Crippen LogP contribution in [0.25, 0.3) is 11.1 Å². The first kappa shape index (κ1) is 21.1. The Hall–Kier alpha value is -3.01. The fraction of sp³-hybridized carbons (Fsp3) is 0.438. The van der Waals surface area contributed by atoms with Crippen LogP contribution in [0.1, 0.15) is 65.1 Å². The zero-order valence-corrected chi connectivity index (χ0v) is 21.2. The van der Waals surface area contributed by atoms with E-state index in [9.17, 15) is 4.39 Å². The molecule has 0 amide bonds. The Bertz CT molecular complexity index is 1390. The van der Waals surface area contributed by atoms with E-state index in [1.807, 2.05) is 12.1 Å². The highest BCUT2D eigenvalue weighted by Gasteiger charge is 2.40. The van der Waals surface area contributed by atoms with Crippen LogP contribution in [0.15, 0.2) is 36.4 Å². The summed E-state index contributed by atoms with van der Waals surface area (Å²) in [5.74, 6) is -0.157. The summed E-state index contributed by atoms with van der Waals surface area (Å²) in [7, 11) is 2.30. The topological polar surface area (TPSA) is 9.72 Å². The van der Waals surface area contributed by atoms with Gasteiger partial charge in [-0.2, -0.15) is 0 Å². The third-order valence-electron chi connectivity index (χ3n) is 9.55. The first-order valence-electron chi connectivity index (χ1n) is 14.0. The van der Waals surface area contributed by atoms with Crippen molar-refractivity contribution in [1.29, 1.82) is 0 Å². The number of anilines is 3.